The van der Waals surface area contributed by atoms with Crippen LogP contribution in [0.2, 0.25) is 0 Å². The molecule has 1 unspecified atom stereocenters. The second kappa shape index (κ2) is 7.17. The van der Waals surface area contributed by atoms with Gasteiger partial charge in [-0.05, 0) is 31.2 Å². The van der Waals surface area contributed by atoms with Crippen molar-refractivity contribution in [2.45, 2.75) is 19.4 Å². The highest BCUT2D eigenvalue weighted by Gasteiger charge is 2.35. The molecule has 0 N–H and O–H groups in total. The Labute approximate surface area is 145 Å². The van der Waals surface area contributed by atoms with Crippen molar-refractivity contribution >= 4 is 23.2 Å². The van der Waals surface area contributed by atoms with Crippen LogP contribution in [0.15, 0.2) is 59.7 Å². The monoisotopic (exact) mass is 338 g/mol. The number of anilines is 1. The van der Waals surface area contributed by atoms with Crippen molar-refractivity contribution in [2.75, 3.05) is 12.1 Å². The zero-order valence-electron chi connectivity index (χ0n) is 14.0. The van der Waals surface area contributed by atoms with E-state index in [4.69, 9.17) is 9.47 Å². The number of benzene rings is 2. The van der Waals surface area contributed by atoms with Gasteiger partial charge in [0.05, 0.1) is 12.8 Å². The fourth-order valence-corrected chi connectivity index (χ4v) is 2.63. The molecule has 0 aliphatic carbocycles. The molecule has 128 valence electrons. The van der Waals surface area contributed by atoms with Gasteiger partial charge in [0.2, 0.25) is 0 Å². The van der Waals surface area contributed by atoms with Gasteiger partial charge in [0, 0.05) is 6.42 Å². The van der Waals surface area contributed by atoms with E-state index in [-0.39, 0.29) is 17.9 Å². The summed E-state index contributed by atoms with van der Waals surface area (Å²) in [6.45, 7) is 1.49. The van der Waals surface area contributed by atoms with E-state index in [1.54, 1.807) is 29.3 Å². The van der Waals surface area contributed by atoms with E-state index < -0.39 is 12.0 Å². The van der Waals surface area contributed by atoms with Crippen LogP contribution in [0.3, 0.4) is 0 Å². The van der Waals surface area contributed by atoms with Gasteiger partial charge in [0.15, 0.2) is 17.3 Å². The molecule has 3 rings (SSSR count). The Morgan fingerprint density at radius 3 is 2.32 bits per heavy atom. The van der Waals surface area contributed by atoms with E-state index in [1.807, 2.05) is 30.3 Å². The number of para-hydroxylation sites is 3. The molecule has 2 aromatic rings. The van der Waals surface area contributed by atoms with E-state index >= 15 is 0 Å². The highest BCUT2D eigenvalue weighted by molar-refractivity contribution is 6.38. The first-order chi connectivity index (χ1) is 12.1. The number of hydrazone groups is 1. The van der Waals surface area contributed by atoms with Crippen LogP contribution in [-0.2, 0) is 9.59 Å². The van der Waals surface area contributed by atoms with E-state index in [1.165, 1.54) is 14.0 Å². The van der Waals surface area contributed by atoms with Crippen LogP contribution in [0.25, 0.3) is 0 Å². The number of hydrogen-bond donors (Lipinski definition) is 0. The minimum absolute atomic E-state index is 0.0623. The predicted molar refractivity (Wildman–Crippen MR) is 94.1 cm³/mol. The molecule has 0 saturated carbocycles. The molecule has 1 atom stereocenters. The number of rotatable bonds is 5. The quantitative estimate of drug-likeness (QED) is 0.619. The van der Waals surface area contributed by atoms with Gasteiger partial charge in [-0.15, -0.1) is 0 Å². The number of nitrogens with zero attached hydrogens (tertiary/aromatic N) is 2. The van der Waals surface area contributed by atoms with Crippen molar-refractivity contribution in [3.63, 3.8) is 0 Å². The van der Waals surface area contributed by atoms with Crippen molar-refractivity contribution in [3.05, 3.63) is 54.6 Å². The first kappa shape index (κ1) is 16.7. The maximum absolute atomic E-state index is 12.5. The molecule has 0 aromatic heterocycles. The molecule has 0 spiro atoms. The molecule has 0 radical (unpaired) electrons. The summed E-state index contributed by atoms with van der Waals surface area (Å²) in [6, 6.07) is 15.6. The molecule has 6 heteroatoms. The summed E-state index contributed by atoms with van der Waals surface area (Å²) in [5.74, 6) is 0.120. The number of ether oxygens (including phenoxy) is 2. The molecule has 6 nitrogen and oxygen atoms in total. The molecule has 0 fully saturated rings. The molecule has 1 aliphatic heterocycles. The third-order valence-corrected chi connectivity index (χ3v) is 3.91. The Bertz CT molecular complexity index is 817. The first-order valence-electron chi connectivity index (χ1n) is 7.87. The SMILES string of the molecule is COc1ccccc1OC(=O)C1=NN(c2ccccc2)C(C(C)=O)C1. The van der Waals surface area contributed by atoms with Gasteiger partial charge < -0.3 is 9.47 Å². The average Bonchev–Trinajstić information content (AvgIpc) is 3.09. The maximum atomic E-state index is 12.5. The smallest absolute Gasteiger partial charge is 0.360 e. The minimum atomic E-state index is -0.589. The number of hydrogen-bond acceptors (Lipinski definition) is 6. The fraction of sp³-hybridized carbons (Fsp3) is 0.211. The number of ketones is 1. The lowest BCUT2D eigenvalue weighted by atomic mass is 10.1. The van der Waals surface area contributed by atoms with Crippen molar-refractivity contribution in [3.8, 4) is 11.5 Å². The van der Waals surface area contributed by atoms with Crippen molar-refractivity contribution < 1.29 is 19.1 Å². The molecule has 25 heavy (non-hydrogen) atoms. The van der Waals surface area contributed by atoms with Crippen molar-refractivity contribution in [1.82, 2.24) is 0 Å². The summed E-state index contributed by atoms with van der Waals surface area (Å²) in [5.41, 5.74) is 0.956. The third-order valence-electron chi connectivity index (χ3n) is 3.91. The molecular formula is C19H18N2O4. The highest BCUT2D eigenvalue weighted by atomic mass is 16.6. The first-order valence-corrected chi connectivity index (χ1v) is 7.87. The predicted octanol–water partition coefficient (Wildman–Crippen LogP) is 2.82. The van der Waals surface area contributed by atoms with Crippen LogP contribution in [0.5, 0.6) is 11.5 Å². The number of carbonyl (C=O) groups is 2. The van der Waals surface area contributed by atoms with Gasteiger partial charge in [-0.3, -0.25) is 9.80 Å². The van der Waals surface area contributed by atoms with Gasteiger partial charge in [-0.25, -0.2) is 4.79 Å². The standard InChI is InChI=1S/C19H18N2O4/c1-13(22)16-12-15(20-21(16)14-8-4-3-5-9-14)19(23)25-18-11-7-6-10-17(18)24-2/h3-11,16H,12H2,1-2H3. The number of methoxy groups -OCH3 is 1. The Hall–Kier alpha value is -3.15. The van der Waals surface area contributed by atoms with Gasteiger partial charge in [0.1, 0.15) is 11.8 Å². The van der Waals surface area contributed by atoms with Crippen LogP contribution in [-0.4, -0.2) is 30.6 Å². The Morgan fingerprint density at radius 2 is 1.68 bits per heavy atom. The second-order valence-corrected chi connectivity index (χ2v) is 5.60. The third kappa shape index (κ3) is 3.52. The minimum Gasteiger partial charge on any atom is -0.493 e. The Kier molecular flexibility index (Phi) is 4.79. The second-order valence-electron chi connectivity index (χ2n) is 5.60. The Morgan fingerprint density at radius 1 is 1.04 bits per heavy atom. The van der Waals surface area contributed by atoms with E-state index in [9.17, 15) is 9.59 Å². The number of esters is 1. The molecule has 1 heterocycles. The molecule has 1 aliphatic rings. The van der Waals surface area contributed by atoms with E-state index in [0.717, 1.165) is 5.69 Å². The zero-order chi connectivity index (χ0) is 17.8. The van der Waals surface area contributed by atoms with Crippen LogP contribution >= 0.6 is 0 Å². The van der Waals surface area contributed by atoms with Crippen LogP contribution in [0.4, 0.5) is 5.69 Å². The normalized spacial score (nSPS) is 16.3. The topological polar surface area (TPSA) is 68.2 Å². The maximum Gasteiger partial charge on any atom is 0.360 e. The van der Waals surface area contributed by atoms with Crippen LogP contribution < -0.4 is 14.5 Å². The zero-order valence-corrected chi connectivity index (χ0v) is 14.0. The highest BCUT2D eigenvalue weighted by Crippen LogP contribution is 2.28. The molecular weight excluding hydrogens is 320 g/mol. The van der Waals surface area contributed by atoms with Gasteiger partial charge in [-0.2, -0.15) is 5.10 Å². The molecule has 0 amide bonds. The lowest BCUT2D eigenvalue weighted by Gasteiger charge is -2.20. The van der Waals surface area contributed by atoms with Crippen molar-refractivity contribution in [1.29, 1.82) is 0 Å². The number of carbonyl (C=O) groups excluding carboxylic acids is 2. The molecule has 0 bridgehead atoms. The molecule has 2 aromatic carbocycles. The van der Waals surface area contributed by atoms with Crippen LogP contribution in [0, 0.1) is 0 Å². The fourth-order valence-electron chi connectivity index (χ4n) is 2.63. The lowest BCUT2D eigenvalue weighted by molar-refractivity contribution is -0.127. The van der Waals surface area contributed by atoms with Gasteiger partial charge in [0.25, 0.3) is 0 Å². The summed E-state index contributed by atoms with van der Waals surface area (Å²) in [4.78, 5) is 24.5. The van der Waals surface area contributed by atoms with Crippen molar-refractivity contribution in [2.24, 2.45) is 5.10 Å². The summed E-state index contributed by atoms with van der Waals surface area (Å²) >= 11 is 0. The number of Topliss-reactive ketones (excluding diaryl/α,β-unsaturated/α-hetero) is 1. The Balaban J connectivity index is 1.84. The van der Waals surface area contributed by atoms with Gasteiger partial charge in [-0.1, -0.05) is 30.3 Å². The average molecular weight is 338 g/mol. The summed E-state index contributed by atoms with van der Waals surface area (Å²) in [5, 5.41) is 5.90. The summed E-state index contributed by atoms with van der Waals surface area (Å²) in [7, 11) is 1.50. The van der Waals surface area contributed by atoms with E-state index in [2.05, 4.69) is 5.10 Å². The summed E-state index contributed by atoms with van der Waals surface area (Å²) in [6.07, 6.45) is 0.207. The van der Waals surface area contributed by atoms with E-state index in [0.29, 0.717) is 11.5 Å². The molecule has 0 saturated heterocycles. The lowest BCUT2D eigenvalue weighted by Crippen LogP contribution is -2.33. The summed E-state index contributed by atoms with van der Waals surface area (Å²) < 4.78 is 10.6. The largest absolute Gasteiger partial charge is 0.493 e. The van der Waals surface area contributed by atoms with Gasteiger partial charge >= 0.3 is 5.97 Å². The van der Waals surface area contributed by atoms with Crippen LogP contribution in [0.1, 0.15) is 13.3 Å².